The molecule has 1 aromatic heterocycles. The van der Waals surface area contributed by atoms with Crippen LogP contribution >= 0.6 is 0 Å². The number of halogens is 1. The van der Waals surface area contributed by atoms with Gasteiger partial charge in [-0.05, 0) is 49.8 Å². The lowest BCUT2D eigenvalue weighted by molar-refractivity contribution is 0.336. The van der Waals surface area contributed by atoms with Crippen molar-refractivity contribution in [1.82, 2.24) is 19.0 Å². The lowest BCUT2D eigenvalue weighted by Crippen LogP contribution is -2.47. The summed E-state index contributed by atoms with van der Waals surface area (Å²) >= 11 is 0. The van der Waals surface area contributed by atoms with Gasteiger partial charge in [0.25, 0.3) is 10.2 Å². The molecule has 7 nitrogen and oxygen atoms in total. The fraction of sp³-hybridized carbons (Fsp3) is 0.579. The maximum atomic E-state index is 13.7. The van der Waals surface area contributed by atoms with E-state index in [2.05, 4.69) is 19.6 Å². The van der Waals surface area contributed by atoms with Gasteiger partial charge in [0.05, 0.1) is 5.52 Å². The molecule has 0 bridgehead atoms. The lowest BCUT2D eigenvalue weighted by Gasteiger charge is -2.34. The number of anilines is 1. The van der Waals surface area contributed by atoms with E-state index in [4.69, 9.17) is 0 Å². The molecule has 1 atom stereocenters. The lowest BCUT2D eigenvalue weighted by atomic mass is 9.98. The monoisotopic (exact) mass is 407 g/mol. The van der Waals surface area contributed by atoms with Crippen molar-refractivity contribution >= 4 is 26.9 Å². The van der Waals surface area contributed by atoms with Gasteiger partial charge in [0, 0.05) is 38.1 Å². The van der Waals surface area contributed by atoms with Gasteiger partial charge >= 0.3 is 0 Å². The second-order valence-electron chi connectivity index (χ2n) is 7.63. The van der Waals surface area contributed by atoms with E-state index in [0.717, 1.165) is 38.6 Å². The van der Waals surface area contributed by atoms with Crippen molar-refractivity contribution in [3.8, 4) is 0 Å². The maximum absolute atomic E-state index is 13.7. The summed E-state index contributed by atoms with van der Waals surface area (Å²) in [5.41, 5.74) is 0.708. The highest BCUT2D eigenvalue weighted by Crippen LogP contribution is 2.28. The molecular formula is C19H26FN5O2S. The minimum atomic E-state index is -3.42. The molecule has 4 rings (SSSR count). The summed E-state index contributed by atoms with van der Waals surface area (Å²) in [6.07, 6.45) is 6.34. The van der Waals surface area contributed by atoms with E-state index in [1.54, 1.807) is 10.4 Å². The molecule has 1 N–H and O–H groups in total. The number of hydrogen-bond donors (Lipinski definition) is 1. The molecular weight excluding hydrogens is 381 g/mol. The van der Waals surface area contributed by atoms with E-state index in [1.807, 2.05) is 0 Å². The number of fused-ring (bicyclic) bond motifs is 1. The molecule has 2 saturated heterocycles. The van der Waals surface area contributed by atoms with Gasteiger partial charge < -0.3 is 4.90 Å². The number of rotatable bonds is 5. The largest absolute Gasteiger partial charge is 0.356 e. The number of nitrogens with one attached hydrogen (secondary N) is 1. The second kappa shape index (κ2) is 8.26. The number of benzene rings is 1. The number of piperidine rings is 2. The van der Waals surface area contributed by atoms with Crippen molar-refractivity contribution in [1.29, 1.82) is 0 Å². The Labute approximate surface area is 165 Å². The van der Waals surface area contributed by atoms with Gasteiger partial charge in [-0.1, -0.05) is 6.42 Å². The molecule has 0 spiro atoms. The Bertz CT molecular complexity index is 933. The van der Waals surface area contributed by atoms with Gasteiger partial charge in [-0.25, -0.2) is 19.1 Å². The summed E-state index contributed by atoms with van der Waals surface area (Å²) in [6, 6.07) is 4.52. The number of nitrogens with zero attached hydrogens (tertiary/aromatic N) is 4. The molecule has 0 amide bonds. The van der Waals surface area contributed by atoms with Crippen molar-refractivity contribution in [2.45, 2.75) is 32.1 Å². The molecule has 0 radical (unpaired) electrons. The van der Waals surface area contributed by atoms with Gasteiger partial charge in [0.2, 0.25) is 0 Å². The van der Waals surface area contributed by atoms with E-state index in [-0.39, 0.29) is 11.7 Å². The van der Waals surface area contributed by atoms with E-state index in [1.165, 1.54) is 18.5 Å². The topological polar surface area (TPSA) is 78.4 Å². The highest BCUT2D eigenvalue weighted by molar-refractivity contribution is 7.87. The first-order chi connectivity index (χ1) is 13.5. The van der Waals surface area contributed by atoms with Crippen molar-refractivity contribution in [3.63, 3.8) is 0 Å². The smallest absolute Gasteiger partial charge is 0.279 e. The summed E-state index contributed by atoms with van der Waals surface area (Å²) in [5, 5.41) is 0.692. The van der Waals surface area contributed by atoms with Crippen LogP contribution in [-0.2, 0) is 10.2 Å². The zero-order valence-electron chi connectivity index (χ0n) is 15.8. The molecule has 9 heteroatoms. The normalized spacial score (nSPS) is 21.9. The van der Waals surface area contributed by atoms with Crippen LogP contribution in [0.15, 0.2) is 24.5 Å². The third-order valence-electron chi connectivity index (χ3n) is 5.60. The Morgan fingerprint density at radius 1 is 1.11 bits per heavy atom. The summed E-state index contributed by atoms with van der Waals surface area (Å²) < 4.78 is 43.1. The Balaban J connectivity index is 1.44. The van der Waals surface area contributed by atoms with E-state index in [0.29, 0.717) is 42.9 Å². The molecule has 2 fully saturated rings. The zero-order valence-corrected chi connectivity index (χ0v) is 16.7. The van der Waals surface area contributed by atoms with Gasteiger partial charge in [0.15, 0.2) is 0 Å². The highest BCUT2D eigenvalue weighted by atomic mass is 32.2. The molecule has 1 aromatic carbocycles. The van der Waals surface area contributed by atoms with Gasteiger partial charge in [-0.15, -0.1) is 0 Å². The first-order valence-electron chi connectivity index (χ1n) is 9.93. The fourth-order valence-corrected chi connectivity index (χ4v) is 5.48. The summed E-state index contributed by atoms with van der Waals surface area (Å²) in [6.45, 7) is 3.12. The molecule has 2 aliphatic rings. The molecule has 152 valence electrons. The molecule has 0 aliphatic carbocycles. The quantitative estimate of drug-likeness (QED) is 0.823. The van der Waals surface area contributed by atoms with E-state index in [9.17, 15) is 12.8 Å². The minimum Gasteiger partial charge on any atom is -0.356 e. The standard InChI is InChI=1S/C19H26FN5O2S/c20-16-6-7-18-17(11-16)19(22-14-21-18)24-8-4-5-15(13-24)12-23-28(26,27)25-9-2-1-3-10-25/h6-7,11,14-15,23H,1-5,8-10,12-13H2. The van der Waals surface area contributed by atoms with Gasteiger partial charge in [-0.2, -0.15) is 12.7 Å². The van der Waals surface area contributed by atoms with Crippen molar-refractivity contribution in [3.05, 3.63) is 30.3 Å². The van der Waals surface area contributed by atoms with Crippen molar-refractivity contribution in [2.75, 3.05) is 37.6 Å². The van der Waals surface area contributed by atoms with Gasteiger partial charge in [0.1, 0.15) is 18.0 Å². The highest BCUT2D eigenvalue weighted by Gasteiger charge is 2.27. The Hall–Kier alpha value is -1.84. The summed E-state index contributed by atoms with van der Waals surface area (Å²) in [7, 11) is -3.42. The van der Waals surface area contributed by atoms with Gasteiger partial charge in [-0.3, -0.25) is 0 Å². The summed E-state index contributed by atoms with van der Waals surface area (Å²) in [4.78, 5) is 10.7. The number of aromatic nitrogens is 2. The molecule has 2 aliphatic heterocycles. The third kappa shape index (κ3) is 4.26. The molecule has 28 heavy (non-hydrogen) atoms. The van der Waals surface area contributed by atoms with Crippen molar-refractivity contribution in [2.24, 2.45) is 5.92 Å². The first-order valence-corrected chi connectivity index (χ1v) is 11.4. The average Bonchev–Trinajstić information content (AvgIpc) is 2.73. The SMILES string of the molecule is O=S(=O)(NCC1CCCN(c2ncnc3ccc(F)cc23)C1)N1CCCCC1. The molecule has 0 saturated carbocycles. The van der Waals surface area contributed by atoms with Crippen LogP contribution in [0.3, 0.4) is 0 Å². The number of hydrogen-bond acceptors (Lipinski definition) is 5. The Kier molecular flexibility index (Phi) is 5.75. The fourth-order valence-electron chi connectivity index (χ4n) is 4.11. The summed E-state index contributed by atoms with van der Waals surface area (Å²) in [5.74, 6) is 0.589. The van der Waals surface area contributed by atoms with Crippen molar-refractivity contribution < 1.29 is 12.8 Å². The van der Waals surface area contributed by atoms with Crippen LogP contribution in [0.1, 0.15) is 32.1 Å². The van der Waals surface area contributed by atoms with E-state index < -0.39 is 10.2 Å². The van der Waals surface area contributed by atoms with E-state index >= 15 is 0 Å². The second-order valence-corrected chi connectivity index (χ2v) is 9.38. The minimum absolute atomic E-state index is 0.187. The van der Waals surface area contributed by atoms with Crippen LogP contribution in [0, 0.1) is 11.7 Å². The third-order valence-corrected chi connectivity index (χ3v) is 7.18. The molecule has 3 heterocycles. The molecule has 1 unspecified atom stereocenters. The zero-order chi connectivity index (χ0) is 19.6. The predicted molar refractivity (Wildman–Crippen MR) is 107 cm³/mol. The Morgan fingerprint density at radius 3 is 2.75 bits per heavy atom. The van der Waals surface area contributed by atoms with Crippen LogP contribution < -0.4 is 9.62 Å². The van der Waals surface area contributed by atoms with Crippen LogP contribution in [0.4, 0.5) is 10.2 Å². The van der Waals surface area contributed by atoms with Crippen LogP contribution in [0.5, 0.6) is 0 Å². The maximum Gasteiger partial charge on any atom is 0.279 e. The Morgan fingerprint density at radius 2 is 1.93 bits per heavy atom. The van der Waals surface area contributed by atoms with Crippen LogP contribution in [-0.4, -0.2) is 55.4 Å². The first kappa shape index (κ1) is 19.5. The van der Waals surface area contributed by atoms with Crippen LogP contribution in [0.2, 0.25) is 0 Å². The molecule has 2 aromatic rings. The predicted octanol–water partition coefficient (Wildman–Crippen LogP) is 2.31. The average molecular weight is 408 g/mol. The van der Waals surface area contributed by atoms with Crippen LogP contribution in [0.25, 0.3) is 10.9 Å².